The Kier molecular flexibility index (Phi) is 5.18. The van der Waals surface area contributed by atoms with Crippen LogP contribution < -0.4 is 0 Å². The SMILES string of the molecule is CO[Si](OC)(C(C)C)C(C)C(C)C. The molecule has 0 heterocycles. The molecule has 0 bridgehead atoms. The summed E-state index contributed by atoms with van der Waals surface area (Å²) >= 11 is 0. The van der Waals surface area contributed by atoms with E-state index in [0.29, 0.717) is 17.0 Å². The van der Waals surface area contributed by atoms with Gasteiger partial charge in [0.1, 0.15) is 0 Å². The molecule has 0 fully saturated rings. The van der Waals surface area contributed by atoms with Gasteiger partial charge < -0.3 is 8.85 Å². The molecule has 0 rings (SSSR count). The van der Waals surface area contributed by atoms with Crippen LogP contribution in [0.3, 0.4) is 0 Å². The Hall–Kier alpha value is 0.137. The van der Waals surface area contributed by atoms with Gasteiger partial charge in [0.2, 0.25) is 0 Å². The molecular formula is C10H24O2Si. The van der Waals surface area contributed by atoms with E-state index in [1.807, 2.05) is 0 Å². The van der Waals surface area contributed by atoms with Crippen LogP contribution in [0, 0.1) is 5.92 Å². The number of rotatable bonds is 5. The third kappa shape index (κ3) is 2.54. The molecule has 0 N–H and O–H groups in total. The molecule has 0 aliphatic carbocycles. The molecule has 0 spiro atoms. The maximum atomic E-state index is 5.69. The molecule has 3 heteroatoms. The fraction of sp³-hybridized carbons (Fsp3) is 1.00. The first-order valence-corrected chi connectivity index (χ1v) is 6.99. The van der Waals surface area contributed by atoms with Crippen molar-refractivity contribution < 1.29 is 8.85 Å². The second-order valence-electron chi connectivity index (χ2n) is 4.32. The zero-order valence-electron chi connectivity index (χ0n) is 10.0. The van der Waals surface area contributed by atoms with Gasteiger partial charge in [-0.05, 0) is 11.5 Å². The molecule has 0 radical (unpaired) electrons. The van der Waals surface area contributed by atoms with E-state index in [2.05, 4.69) is 34.6 Å². The van der Waals surface area contributed by atoms with E-state index in [1.54, 1.807) is 14.2 Å². The van der Waals surface area contributed by atoms with Crippen molar-refractivity contribution in [2.75, 3.05) is 14.2 Å². The Morgan fingerprint density at radius 3 is 1.31 bits per heavy atom. The van der Waals surface area contributed by atoms with E-state index >= 15 is 0 Å². The molecule has 2 nitrogen and oxygen atoms in total. The first-order valence-electron chi connectivity index (χ1n) is 5.02. The van der Waals surface area contributed by atoms with Crippen molar-refractivity contribution in [2.24, 2.45) is 5.92 Å². The lowest BCUT2D eigenvalue weighted by molar-refractivity contribution is 0.211. The molecule has 0 aromatic carbocycles. The maximum Gasteiger partial charge on any atom is 0.343 e. The van der Waals surface area contributed by atoms with Crippen LogP contribution in [-0.2, 0) is 8.85 Å². The third-order valence-corrected chi connectivity index (χ3v) is 7.90. The molecule has 0 saturated heterocycles. The van der Waals surface area contributed by atoms with Crippen LogP contribution in [0.15, 0.2) is 0 Å². The summed E-state index contributed by atoms with van der Waals surface area (Å²) in [5.74, 6) is 0.619. The number of hydrogen-bond acceptors (Lipinski definition) is 2. The highest BCUT2D eigenvalue weighted by atomic mass is 28.4. The van der Waals surface area contributed by atoms with E-state index in [1.165, 1.54) is 0 Å². The highest BCUT2D eigenvalue weighted by Gasteiger charge is 2.46. The molecule has 1 unspecified atom stereocenters. The minimum Gasteiger partial charge on any atom is -0.397 e. The first kappa shape index (κ1) is 13.1. The van der Waals surface area contributed by atoms with Gasteiger partial charge in [-0.25, -0.2) is 0 Å². The lowest BCUT2D eigenvalue weighted by Gasteiger charge is -2.38. The summed E-state index contributed by atoms with van der Waals surface area (Å²) < 4.78 is 11.4. The molecule has 0 aliphatic rings. The summed E-state index contributed by atoms with van der Waals surface area (Å²) in [7, 11) is 1.59. The molecule has 80 valence electrons. The highest BCUT2D eigenvalue weighted by molar-refractivity contribution is 6.70. The highest BCUT2D eigenvalue weighted by Crippen LogP contribution is 2.38. The Balaban J connectivity index is 4.75. The van der Waals surface area contributed by atoms with Crippen molar-refractivity contribution in [1.29, 1.82) is 0 Å². The van der Waals surface area contributed by atoms with E-state index in [-0.39, 0.29) is 0 Å². The van der Waals surface area contributed by atoms with Gasteiger partial charge in [0.25, 0.3) is 0 Å². The summed E-state index contributed by atoms with van der Waals surface area (Å²) in [5.41, 5.74) is 1.03. The molecule has 13 heavy (non-hydrogen) atoms. The zero-order valence-corrected chi connectivity index (χ0v) is 11.0. The fourth-order valence-electron chi connectivity index (χ4n) is 1.92. The molecule has 0 saturated carbocycles. The lowest BCUT2D eigenvalue weighted by Crippen LogP contribution is -2.48. The average Bonchev–Trinajstić information content (AvgIpc) is 2.06. The van der Waals surface area contributed by atoms with E-state index in [9.17, 15) is 0 Å². The standard InChI is InChI=1S/C10H24O2Si/c1-8(2)10(5)13(11-6,12-7)9(3)4/h8-10H,1-7H3. The van der Waals surface area contributed by atoms with Crippen LogP contribution in [0.5, 0.6) is 0 Å². The van der Waals surface area contributed by atoms with Crippen LogP contribution >= 0.6 is 0 Å². The number of hydrogen-bond donors (Lipinski definition) is 0. The fourth-order valence-corrected chi connectivity index (χ4v) is 5.75. The normalized spacial score (nSPS) is 15.5. The van der Waals surface area contributed by atoms with Crippen LogP contribution in [0.25, 0.3) is 0 Å². The predicted octanol–water partition coefficient (Wildman–Crippen LogP) is 3.18. The Bertz CT molecular complexity index is 142. The topological polar surface area (TPSA) is 18.5 Å². The van der Waals surface area contributed by atoms with Crippen molar-refractivity contribution in [1.82, 2.24) is 0 Å². The minimum absolute atomic E-state index is 0.500. The molecular weight excluding hydrogens is 180 g/mol. The summed E-state index contributed by atoms with van der Waals surface area (Å²) in [5, 5.41) is 0. The van der Waals surface area contributed by atoms with Crippen molar-refractivity contribution in [2.45, 2.75) is 45.7 Å². The summed E-state index contributed by atoms with van der Waals surface area (Å²) in [6.45, 7) is 11.1. The Labute approximate surface area is 83.9 Å². The van der Waals surface area contributed by atoms with Gasteiger partial charge in [0, 0.05) is 19.8 Å². The average molecular weight is 204 g/mol. The molecule has 1 atom stereocenters. The second kappa shape index (κ2) is 5.13. The monoisotopic (exact) mass is 204 g/mol. The maximum absolute atomic E-state index is 5.69. The minimum atomic E-state index is -1.99. The van der Waals surface area contributed by atoms with E-state index in [4.69, 9.17) is 8.85 Å². The predicted molar refractivity (Wildman–Crippen MR) is 59.1 cm³/mol. The van der Waals surface area contributed by atoms with Crippen molar-refractivity contribution in [3.8, 4) is 0 Å². The van der Waals surface area contributed by atoms with Gasteiger partial charge in [-0.2, -0.15) is 0 Å². The van der Waals surface area contributed by atoms with Crippen molar-refractivity contribution >= 4 is 8.56 Å². The molecule has 0 aliphatic heterocycles. The van der Waals surface area contributed by atoms with E-state index < -0.39 is 8.56 Å². The van der Waals surface area contributed by atoms with Crippen LogP contribution in [0.1, 0.15) is 34.6 Å². The van der Waals surface area contributed by atoms with Gasteiger partial charge in [0.05, 0.1) is 0 Å². The summed E-state index contributed by atoms with van der Waals surface area (Å²) in [4.78, 5) is 0. The van der Waals surface area contributed by atoms with Crippen LogP contribution in [-0.4, -0.2) is 22.8 Å². The molecule has 0 aromatic heterocycles. The Morgan fingerprint density at radius 1 is 0.846 bits per heavy atom. The van der Waals surface area contributed by atoms with Gasteiger partial charge in [0.15, 0.2) is 0 Å². The van der Waals surface area contributed by atoms with Gasteiger partial charge in [-0.3, -0.25) is 0 Å². The van der Waals surface area contributed by atoms with Crippen LogP contribution in [0.4, 0.5) is 0 Å². The van der Waals surface area contributed by atoms with Crippen LogP contribution in [0.2, 0.25) is 11.1 Å². The largest absolute Gasteiger partial charge is 0.397 e. The van der Waals surface area contributed by atoms with Gasteiger partial charge >= 0.3 is 8.56 Å². The molecule has 0 amide bonds. The quantitative estimate of drug-likeness (QED) is 0.640. The van der Waals surface area contributed by atoms with E-state index in [0.717, 1.165) is 0 Å². The third-order valence-electron chi connectivity index (χ3n) is 3.08. The van der Waals surface area contributed by atoms with Crippen molar-refractivity contribution in [3.05, 3.63) is 0 Å². The molecule has 0 aromatic rings. The zero-order chi connectivity index (χ0) is 10.6. The van der Waals surface area contributed by atoms with Gasteiger partial charge in [-0.1, -0.05) is 34.6 Å². The summed E-state index contributed by atoms with van der Waals surface area (Å²) in [6.07, 6.45) is 0. The second-order valence-corrected chi connectivity index (χ2v) is 8.64. The lowest BCUT2D eigenvalue weighted by atomic mass is 10.1. The smallest absolute Gasteiger partial charge is 0.343 e. The summed E-state index contributed by atoms with van der Waals surface area (Å²) in [6, 6.07) is 0. The van der Waals surface area contributed by atoms with Crippen molar-refractivity contribution in [3.63, 3.8) is 0 Å². The van der Waals surface area contributed by atoms with Gasteiger partial charge in [-0.15, -0.1) is 0 Å². The Morgan fingerprint density at radius 2 is 1.23 bits per heavy atom. The first-order chi connectivity index (χ1) is 5.92.